The number of anilines is 2. The smallest absolute Gasteiger partial charge is 0.305 e. The number of aromatic nitrogens is 2. The van der Waals surface area contributed by atoms with E-state index < -0.39 is 12.0 Å². The normalized spacial score (nSPS) is 15.7. The molecule has 0 saturated carbocycles. The third-order valence-corrected chi connectivity index (χ3v) is 7.46. The van der Waals surface area contributed by atoms with E-state index >= 15 is 0 Å². The van der Waals surface area contributed by atoms with Crippen molar-refractivity contribution in [2.24, 2.45) is 0 Å². The van der Waals surface area contributed by atoms with Gasteiger partial charge in [0.15, 0.2) is 0 Å². The minimum Gasteiger partial charge on any atom is -0.481 e. The fourth-order valence-electron chi connectivity index (χ4n) is 5.25. The molecule has 2 unspecified atom stereocenters. The molecule has 7 heteroatoms. The van der Waals surface area contributed by atoms with Crippen LogP contribution < -0.4 is 10.6 Å². The number of rotatable bonds is 8. The standard InChI is InChI=1S/C32H34N4O3/c1-20-12-14-23(15-13-20)26(19-28(37)38)33-32(39)25-16-17-36-27(18-25)34-30(24-10-5-4-6-11-24)31(36)35-29-21(2)8-7-9-22(29)3/h4-5,7-9,12-18,24,26,35H,6,10-11,19H2,1-3H3,(H,33,39)(H,37,38). The number of hydrogen-bond acceptors (Lipinski definition) is 4. The number of amides is 1. The van der Waals surface area contributed by atoms with Crippen molar-refractivity contribution in [2.45, 2.75) is 58.4 Å². The zero-order valence-corrected chi connectivity index (χ0v) is 22.6. The fraction of sp³-hybridized carbons (Fsp3) is 0.281. The molecule has 2 atom stereocenters. The quantitative estimate of drug-likeness (QED) is 0.222. The van der Waals surface area contributed by atoms with E-state index in [1.54, 1.807) is 12.1 Å². The summed E-state index contributed by atoms with van der Waals surface area (Å²) in [4.78, 5) is 29.9. The lowest BCUT2D eigenvalue weighted by atomic mass is 9.91. The number of aliphatic carboxylic acids is 1. The molecule has 0 fully saturated rings. The Morgan fingerprint density at radius 1 is 1.05 bits per heavy atom. The van der Waals surface area contributed by atoms with Gasteiger partial charge in [0.25, 0.3) is 5.91 Å². The van der Waals surface area contributed by atoms with Crippen LogP contribution in [0.3, 0.4) is 0 Å². The van der Waals surface area contributed by atoms with Crippen molar-refractivity contribution in [1.82, 2.24) is 14.7 Å². The second-order valence-electron chi connectivity index (χ2n) is 10.4. The van der Waals surface area contributed by atoms with Gasteiger partial charge in [0.2, 0.25) is 0 Å². The van der Waals surface area contributed by atoms with Crippen LogP contribution in [-0.2, 0) is 4.79 Å². The zero-order chi connectivity index (χ0) is 27.5. The number of carbonyl (C=O) groups is 2. The molecule has 4 aromatic rings. The minimum absolute atomic E-state index is 0.205. The molecule has 200 valence electrons. The van der Waals surface area contributed by atoms with E-state index in [9.17, 15) is 14.7 Å². The molecule has 2 aromatic heterocycles. The lowest BCUT2D eigenvalue weighted by molar-refractivity contribution is -0.137. The number of carboxylic acids is 1. The van der Waals surface area contributed by atoms with Gasteiger partial charge in [-0.3, -0.25) is 14.0 Å². The number of carboxylic acid groups (broad SMARTS) is 1. The first-order valence-corrected chi connectivity index (χ1v) is 13.4. The van der Waals surface area contributed by atoms with Crippen LogP contribution in [0.15, 0.2) is 72.9 Å². The van der Waals surface area contributed by atoms with Crippen LogP contribution in [0.2, 0.25) is 0 Å². The van der Waals surface area contributed by atoms with Gasteiger partial charge >= 0.3 is 5.97 Å². The first kappa shape index (κ1) is 26.2. The number of fused-ring (bicyclic) bond motifs is 1. The Morgan fingerprint density at radius 2 is 1.79 bits per heavy atom. The molecule has 0 saturated heterocycles. The number of imidazole rings is 1. The van der Waals surface area contributed by atoms with Gasteiger partial charge in [0, 0.05) is 23.4 Å². The Labute approximate surface area is 228 Å². The molecule has 2 aromatic carbocycles. The predicted molar refractivity (Wildman–Crippen MR) is 154 cm³/mol. The summed E-state index contributed by atoms with van der Waals surface area (Å²) in [7, 11) is 0. The molecule has 0 spiro atoms. The summed E-state index contributed by atoms with van der Waals surface area (Å²) in [5.41, 5.74) is 7.28. The van der Waals surface area contributed by atoms with Crippen molar-refractivity contribution in [2.75, 3.05) is 5.32 Å². The summed E-state index contributed by atoms with van der Waals surface area (Å²) >= 11 is 0. The lowest BCUT2D eigenvalue weighted by Crippen LogP contribution is -2.30. The summed E-state index contributed by atoms with van der Waals surface area (Å²) in [6.45, 7) is 6.15. The summed E-state index contributed by atoms with van der Waals surface area (Å²) in [6.07, 6.45) is 9.05. The second kappa shape index (κ2) is 11.2. The van der Waals surface area contributed by atoms with Crippen molar-refractivity contribution in [3.8, 4) is 0 Å². The number of nitrogens with zero attached hydrogens (tertiary/aromatic N) is 2. The SMILES string of the molecule is Cc1ccc(C(CC(=O)O)NC(=O)c2ccn3c(Nc4c(C)cccc4C)c(C4CC=CCC4)nc3c2)cc1. The van der Waals surface area contributed by atoms with Crippen LogP contribution in [0.4, 0.5) is 11.5 Å². The average molecular weight is 523 g/mol. The molecule has 5 rings (SSSR count). The van der Waals surface area contributed by atoms with Crippen molar-refractivity contribution in [3.63, 3.8) is 0 Å². The van der Waals surface area contributed by atoms with Gasteiger partial charge in [-0.25, -0.2) is 4.98 Å². The highest BCUT2D eigenvalue weighted by atomic mass is 16.4. The maximum Gasteiger partial charge on any atom is 0.305 e. The number of allylic oxidation sites excluding steroid dienone is 2. The zero-order valence-electron chi connectivity index (χ0n) is 22.6. The molecule has 3 N–H and O–H groups in total. The fourth-order valence-corrected chi connectivity index (χ4v) is 5.25. The predicted octanol–water partition coefficient (Wildman–Crippen LogP) is 6.77. The first-order chi connectivity index (χ1) is 18.8. The third kappa shape index (κ3) is 5.72. The average Bonchev–Trinajstić information content (AvgIpc) is 3.28. The van der Waals surface area contributed by atoms with E-state index in [-0.39, 0.29) is 18.2 Å². The highest BCUT2D eigenvalue weighted by Gasteiger charge is 2.24. The maximum absolute atomic E-state index is 13.3. The van der Waals surface area contributed by atoms with Crippen molar-refractivity contribution >= 4 is 29.0 Å². The number of hydrogen-bond donors (Lipinski definition) is 3. The molecule has 0 radical (unpaired) electrons. The summed E-state index contributed by atoms with van der Waals surface area (Å²) in [6, 6.07) is 16.7. The van der Waals surface area contributed by atoms with Crippen LogP contribution in [0, 0.1) is 20.8 Å². The van der Waals surface area contributed by atoms with Gasteiger partial charge in [-0.15, -0.1) is 0 Å². The maximum atomic E-state index is 13.3. The highest BCUT2D eigenvalue weighted by Crippen LogP contribution is 2.36. The molecular formula is C32H34N4O3. The van der Waals surface area contributed by atoms with Gasteiger partial charge in [-0.05, 0) is 68.9 Å². The van der Waals surface area contributed by atoms with Crippen LogP contribution >= 0.6 is 0 Å². The van der Waals surface area contributed by atoms with E-state index in [1.807, 2.05) is 41.8 Å². The molecule has 1 aliphatic rings. The molecule has 1 aliphatic carbocycles. The molecule has 0 aliphatic heterocycles. The van der Waals surface area contributed by atoms with Crippen LogP contribution in [0.5, 0.6) is 0 Å². The lowest BCUT2D eigenvalue weighted by Gasteiger charge is -2.19. The highest BCUT2D eigenvalue weighted by molar-refractivity contribution is 5.95. The van der Waals surface area contributed by atoms with Crippen LogP contribution in [0.25, 0.3) is 5.65 Å². The van der Waals surface area contributed by atoms with Gasteiger partial charge in [-0.1, -0.05) is 60.2 Å². The van der Waals surface area contributed by atoms with Crippen molar-refractivity contribution < 1.29 is 14.7 Å². The van der Waals surface area contributed by atoms with Crippen molar-refractivity contribution in [1.29, 1.82) is 0 Å². The Hall–Kier alpha value is -4.39. The van der Waals surface area contributed by atoms with E-state index in [4.69, 9.17) is 4.98 Å². The Kier molecular flexibility index (Phi) is 7.50. The molecule has 2 heterocycles. The number of benzene rings is 2. The molecular weight excluding hydrogens is 488 g/mol. The van der Waals surface area contributed by atoms with Gasteiger partial charge in [0.1, 0.15) is 11.5 Å². The van der Waals surface area contributed by atoms with E-state index in [1.165, 1.54) is 0 Å². The van der Waals surface area contributed by atoms with Gasteiger partial charge in [0.05, 0.1) is 18.2 Å². The summed E-state index contributed by atoms with van der Waals surface area (Å²) in [5, 5.41) is 16.1. The van der Waals surface area contributed by atoms with E-state index in [0.29, 0.717) is 11.2 Å². The second-order valence-corrected chi connectivity index (χ2v) is 10.4. The molecule has 0 bridgehead atoms. The van der Waals surface area contributed by atoms with Gasteiger partial charge in [-0.2, -0.15) is 0 Å². The number of carbonyl (C=O) groups excluding carboxylic acids is 1. The topological polar surface area (TPSA) is 95.7 Å². The summed E-state index contributed by atoms with van der Waals surface area (Å²) < 4.78 is 2.00. The van der Waals surface area contributed by atoms with Crippen LogP contribution in [0.1, 0.15) is 75.9 Å². The Balaban J connectivity index is 1.50. The molecule has 1 amide bonds. The monoisotopic (exact) mass is 522 g/mol. The van der Waals surface area contributed by atoms with Gasteiger partial charge < -0.3 is 15.7 Å². The molecule has 39 heavy (non-hydrogen) atoms. The number of nitrogens with one attached hydrogen (secondary N) is 2. The number of pyridine rings is 1. The number of para-hydroxylation sites is 1. The van der Waals surface area contributed by atoms with Crippen molar-refractivity contribution in [3.05, 3.63) is 106 Å². The Morgan fingerprint density at radius 3 is 2.46 bits per heavy atom. The number of aryl methyl sites for hydroxylation is 3. The molecule has 7 nitrogen and oxygen atoms in total. The van der Waals surface area contributed by atoms with Crippen LogP contribution in [-0.4, -0.2) is 26.4 Å². The van der Waals surface area contributed by atoms with E-state index in [0.717, 1.165) is 58.7 Å². The first-order valence-electron chi connectivity index (χ1n) is 13.4. The third-order valence-electron chi connectivity index (χ3n) is 7.46. The summed E-state index contributed by atoms with van der Waals surface area (Å²) in [5.74, 6) is -0.116. The Bertz CT molecular complexity index is 1530. The largest absolute Gasteiger partial charge is 0.481 e. The minimum atomic E-state index is -0.974. The van der Waals surface area contributed by atoms with E-state index in [2.05, 4.69) is 54.8 Å².